The molecule has 0 aliphatic carbocycles. The number of H-pyrrole nitrogens is 1. The molecule has 0 spiro atoms. The predicted octanol–water partition coefficient (Wildman–Crippen LogP) is 4.32. The molecule has 0 bridgehead atoms. The van der Waals surface area contributed by atoms with E-state index in [1.54, 1.807) is 6.07 Å². The molecule has 0 fully saturated rings. The summed E-state index contributed by atoms with van der Waals surface area (Å²) in [5.41, 5.74) is -2.45. The standard InChI is InChI=1S/C25H19F3N6O3/c1-24(13-36-18-8-4-5-9-19(18)37-24)12-30-23-29-10-14-20-15(11-31-33-20)22(35)34(21(14)32-23)17-7-3-2-6-16(17)25(26,27)28/h2-11H,12-13H2,1H3,(H,31,33)(H,29,30,32). The third-order valence-electron chi connectivity index (χ3n) is 6.13. The average molecular weight is 508 g/mol. The maximum Gasteiger partial charge on any atom is 0.418 e. The summed E-state index contributed by atoms with van der Waals surface area (Å²) >= 11 is 0. The lowest BCUT2D eigenvalue weighted by Gasteiger charge is -2.35. The summed E-state index contributed by atoms with van der Waals surface area (Å²) in [6.07, 6.45) is -1.98. The molecule has 1 aliphatic heterocycles. The molecular formula is C25H19F3N6O3. The maximum absolute atomic E-state index is 13.9. The fourth-order valence-corrected chi connectivity index (χ4v) is 4.34. The zero-order valence-corrected chi connectivity index (χ0v) is 19.3. The van der Waals surface area contributed by atoms with Crippen molar-refractivity contribution in [1.82, 2.24) is 24.7 Å². The van der Waals surface area contributed by atoms with Crippen molar-refractivity contribution >= 4 is 27.9 Å². The van der Waals surface area contributed by atoms with Crippen molar-refractivity contribution in [3.8, 4) is 17.2 Å². The minimum atomic E-state index is -4.69. The number of hydrogen-bond donors (Lipinski definition) is 2. The van der Waals surface area contributed by atoms with E-state index in [0.29, 0.717) is 22.4 Å². The molecule has 0 saturated heterocycles. The summed E-state index contributed by atoms with van der Waals surface area (Å²) in [5, 5.41) is 10.2. The Morgan fingerprint density at radius 2 is 1.84 bits per heavy atom. The van der Waals surface area contributed by atoms with E-state index >= 15 is 0 Å². The Hall–Kier alpha value is -4.61. The van der Waals surface area contributed by atoms with Crippen molar-refractivity contribution in [2.75, 3.05) is 18.5 Å². The first-order valence-electron chi connectivity index (χ1n) is 11.3. The van der Waals surface area contributed by atoms with Crippen LogP contribution in [0.15, 0.2) is 65.7 Å². The summed E-state index contributed by atoms with van der Waals surface area (Å²) in [4.78, 5) is 22.2. The molecule has 2 aromatic carbocycles. The van der Waals surface area contributed by atoms with Gasteiger partial charge in [-0.1, -0.05) is 24.3 Å². The van der Waals surface area contributed by atoms with Gasteiger partial charge in [-0.25, -0.2) is 4.98 Å². The Kier molecular flexibility index (Phi) is 5.07. The van der Waals surface area contributed by atoms with Crippen LogP contribution in [0.4, 0.5) is 19.1 Å². The first-order valence-corrected chi connectivity index (χ1v) is 11.3. The summed E-state index contributed by atoms with van der Waals surface area (Å²) < 4.78 is 54.5. The lowest BCUT2D eigenvalue weighted by atomic mass is 10.1. The molecular weight excluding hydrogens is 489 g/mol. The number of anilines is 1. The van der Waals surface area contributed by atoms with Crippen molar-refractivity contribution in [3.63, 3.8) is 0 Å². The topological polar surface area (TPSA) is 107 Å². The van der Waals surface area contributed by atoms with E-state index < -0.39 is 22.9 Å². The second-order valence-corrected chi connectivity index (χ2v) is 8.89. The Morgan fingerprint density at radius 3 is 2.65 bits per heavy atom. The number of aromatic amines is 1. The summed E-state index contributed by atoms with van der Waals surface area (Å²) in [7, 11) is 0. The fourth-order valence-electron chi connectivity index (χ4n) is 4.34. The Balaban J connectivity index is 1.44. The summed E-state index contributed by atoms with van der Waals surface area (Å²) in [5.74, 6) is 1.34. The van der Waals surface area contributed by atoms with E-state index in [-0.39, 0.29) is 35.8 Å². The first-order chi connectivity index (χ1) is 17.7. The van der Waals surface area contributed by atoms with Gasteiger partial charge in [0.25, 0.3) is 5.56 Å². The number of para-hydroxylation sites is 3. The van der Waals surface area contributed by atoms with E-state index in [4.69, 9.17) is 9.47 Å². The molecule has 9 nitrogen and oxygen atoms in total. The number of aromatic nitrogens is 5. The number of pyridine rings is 1. The molecule has 0 saturated carbocycles. The quantitative estimate of drug-likeness (QED) is 0.372. The predicted molar refractivity (Wildman–Crippen MR) is 129 cm³/mol. The number of nitrogens with one attached hydrogen (secondary N) is 2. The highest BCUT2D eigenvalue weighted by Crippen LogP contribution is 2.36. The van der Waals surface area contributed by atoms with Crippen molar-refractivity contribution < 1.29 is 22.6 Å². The number of ether oxygens (including phenoxy) is 2. The molecule has 0 radical (unpaired) electrons. The minimum absolute atomic E-state index is 0.00717. The van der Waals surface area contributed by atoms with E-state index in [1.165, 1.54) is 30.6 Å². The normalized spacial score (nSPS) is 17.3. The molecule has 0 amide bonds. The molecule has 1 atom stereocenters. The molecule has 3 aromatic heterocycles. The highest BCUT2D eigenvalue weighted by atomic mass is 19.4. The van der Waals surface area contributed by atoms with Crippen LogP contribution in [0.3, 0.4) is 0 Å². The zero-order valence-electron chi connectivity index (χ0n) is 19.3. The van der Waals surface area contributed by atoms with E-state index in [2.05, 4.69) is 25.5 Å². The van der Waals surface area contributed by atoms with Crippen LogP contribution in [-0.2, 0) is 6.18 Å². The van der Waals surface area contributed by atoms with Gasteiger partial charge in [0.15, 0.2) is 22.7 Å². The van der Waals surface area contributed by atoms with Gasteiger partial charge in [-0.05, 0) is 31.2 Å². The largest absolute Gasteiger partial charge is 0.485 e. The average Bonchev–Trinajstić information content (AvgIpc) is 3.38. The molecule has 1 aliphatic rings. The van der Waals surface area contributed by atoms with Crippen LogP contribution in [0.25, 0.3) is 27.6 Å². The van der Waals surface area contributed by atoms with E-state index in [1.807, 2.05) is 25.1 Å². The van der Waals surface area contributed by atoms with Gasteiger partial charge in [-0.2, -0.15) is 23.3 Å². The lowest BCUT2D eigenvalue weighted by molar-refractivity contribution is -0.137. The van der Waals surface area contributed by atoms with Crippen LogP contribution in [0.5, 0.6) is 11.5 Å². The number of nitrogens with zero attached hydrogens (tertiary/aromatic N) is 4. The molecule has 5 aromatic rings. The number of alkyl halides is 3. The SMILES string of the molecule is CC1(CNc2ncc3c4[nH]ncc4c(=O)n(-c4ccccc4C(F)(F)F)c3n2)COc2ccccc2O1. The molecule has 37 heavy (non-hydrogen) atoms. The van der Waals surface area contributed by atoms with Crippen molar-refractivity contribution in [2.45, 2.75) is 18.7 Å². The Labute approximate surface area is 206 Å². The molecule has 188 valence electrons. The fraction of sp³-hybridized carbons (Fsp3) is 0.200. The number of halogens is 3. The van der Waals surface area contributed by atoms with Gasteiger partial charge in [-0.15, -0.1) is 0 Å². The first kappa shape index (κ1) is 22.8. The van der Waals surface area contributed by atoms with Gasteiger partial charge in [-0.3, -0.25) is 14.5 Å². The van der Waals surface area contributed by atoms with Gasteiger partial charge >= 0.3 is 6.18 Å². The van der Waals surface area contributed by atoms with Crippen molar-refractivity contribution in [3.05, 3.63) is 76.8 Å². The van der Waals surface area contributed by atoms with Crippen molar-refractivity contribution in [2.24, 2.45) is 0 Å². The van der Waals surface area contributed by atoms with Crippen LogP contribution >= 0.6 is 0 Å². The van der Waals surface area contributed by atoms with Gasteiger partial charge in [0, 0.05) is 6.20 Å². The van der Waals surface area contributed by atoms with Crippen LogP contribution in [0, 0.1) is 0 Å². The molecule has 2 N–H and O–H groups in total. The molecule has 1 unspecified atom stereocenters. The van der Waals surface area contributed by atoms with E-state index in [0.717, 1.165) is 10.6 Å². The highest BCUT2D eigenvalue weighted by molar-refractivity contribution is 6.02. The number of hydrogen-bond acceptors (Lipinski definition) is 7. The Bertz CT molecular complexity index is 1710. The highest BCUT2D eigenvalue weighted by Gasteiger charge is 2.35. The van der Waals surface area contributed by atoms with Crippen molar-refractivity contribution in [1.29, 1.82) is 0 Å². The minimum Gasteiger partial charge on any atom is -0.485 e. The van der Waals surface area contributed by atoms with Gasteiger partial charge in [0.05, 0.1) is 40.3 Å². The van der Waals surface area contributed by atoms with Gasteiger partial charge < -0.3 is 14.8 Å². The third-order valence-corrected chi connectivity index (χ3v) is 6.13. The smallest absolute Gasteiger partial charge is 0.418 e. The summed E-state index contributed by atoms with van der Waals surface area (Å²) in [6, 6.07) is 12.1. The van der Waals surface area contributed by atoms with Gasteiger partial charge in [0.1, 0.15) is 6.61 Å². The third kappa shape index (κ3) is 3.90. The number of benzene rings is 2. The number of fused-ring (bicyclic) bond motifs is 4. The lowest BCUT2D eigenvalue weighted by Crippen LogP contribution is -2.47. The molecule has 4 heterocycles. The molecule has 12 heteroatoms. The van der Waals surface area contributed by atoms with Crippen LogP contribution in [0.1, 0.15) is 12.5 Å². The molecule has 6 rings (SSSR count). The second kappa shape index (κ2) is 8.22. The van der Waals surface area contributed by atoms with Crippen LogP contribution in [0.2, 0.25) is 0 Å². The van der Waals surface area contributed by atoms with Crippen LogP contribution < -0.4 is 20.3 Å². The Morgan fingerprint density at radius 1 is 1.08 bits per heavy atom. The maximum atomic E-state index is 13.9. The monoisotopic (exact) mass is 508 g/mol. The van der Waals surface area contributed by atoms with Crippen LogP contribution in [-0.4, -0.2) is 43.5 Å². The second-order valence-electron chi connectivity index (χ2n) is 8.89. The zero-order chi connectivity index (χ0) is 25.8. The van der Waals surface area contributed by atoms with E-state index in [9.17, 15) is 18.0 Å². The number of rotatable bonds is 4. The van der Waals surface area contributed by atoms with Gasteiger partial charge in [0.2, 0.25) is 5.95 Å². The summed E-state index contributed by atoms with van der Waals surface area (Å²) in [6.45, 7) is 2.33.